The number of ether oxygens (including phenoxy) is 1. The van der Waals surface area contributed by atoms with Gasteiger partial charge in [-0.2, -0.15) is 5.11 Å². The predicted molar refractivity (Wildman–Crippen MR) is 61.7 cm³/mol. The van der Waals surface area contributed by atoms with Gasteiger partial charge >= 0.3 is 5.97 Å². The number of H-pyrrole nitrogens is 1. The van der Waals surface area contributed by atoms with Crippen molar-refractivity contribution in [1.82, 2.24) is 9.97 Å². The lowest BCUT2D eigenvalue weighted by Gasteiger charge is -2.03. The quantitative estimate of drug-likeness (QED) is 0.379. The molecule has 0 radical (unpaired) electrons. The summed E-state index contributed by atoms with van der Waals surface area (Å²) in [5.41, 5.74) is 7.57. The van der Waals surface area contributed by atoms with Crippen LogP contribution in [0.2, 0.25) is 0 Å². The molecule has 1 atom stereocenters. The van der Waals surface area contributed by atoms with Crippen molar-refractivity contribution in [1.29, 1.82) is 0 Å². The number of rotatable bonds is 6. The van der Waals surface area contributed by atoms with Crippen LogP contribution >= 0.6 is 0 Å². The fourth-order valence-corrected chi connectivity index (χ4v) is 1.04. The third-order valence-electron chi connectivity index (χ3n) is 1.90. The number of nitrogens with one attached hydrogen (secondary N) is 2. The normalized spacial score (nSPS) is 12.3. The summed E-state index contributed by atoms with van der Waals surface area (Å²) in [4.78, 5) is 28.5. The van der Waals surface area contributed by atoms with E-state index >= 15 is 0 Å². The Morgan fingerprint density at radius 1 is 1.67 bits per heavy atom. The van der Waals surface area contributed by atoms with E-state index in [-0.39, 0.29) is 18.1 Å². The molecule has 1 aromatic rings. The van der Waals surface area contributed by atoms with Crippen LogP contribution < -0.4 is 11.2 Å². The number of imidazole rings is 1. The molecule has 0 saturated carbocycles. The van der Waals surface area contributed by atoms with E-state index in [1.54, 1.807) is 6.92 Å². The molecule has 4 N–H and O–H groups in total. The molecule has 0 aliphatic heterocycles. The van der Waals surface area contributed by atoms with E-state index in [1.165, 1.54) is 13.3 Å². The SMILES string of the molecule is CCOC(=O)C(C)N=NNc1nc[nH]c1C(N)=O. The van der Waals surface area contributed by atoms with Gasteiger partial charge in [0.15, 0.2) is 11.9 Å². The van der Waals surface area contributed by atoms with Gasteiger partial charge in [0.05, 0.1) is 12.9 Å². The minimum absolute atomic E-state index is 0.0812. The van der Waals surface area contributed by atoms with Gasteiger partial charge in [0.25, 0.3) is 5.91 Å². The van der Waals surface area contributed by atoms with Crippen LogP contribution in [-0.2, 0) is 9.53 Å². The molecule has 0 saturated heterocycles. The molecule has 0 spiro atoms. The minimum Gasteiger partial charge on any atom is -0.464 e. The van der Waals surface area contributed by atoms with Gasteiger partial charge in [-0.1, -0.05) is 5.22 Å². The second kappa shape index (κ2) is 6.33. The molecule has 9 heteroatoms. The van der Waals surface area contributed by atoms with Crippen molar-refractivity contribution in [2.75, 3.05) is 12.0 Å². The maximum atomic E-state index is 11.2. The van der Waals surface area contributed by atoms with Crippen LogP contribution in [-0.4, -0.2) is 34.5 Å². The lowest BCUT2D eigenvalue weighted by Crippen LogP contribution is -2.18. The summed E-state index contributed by atoms with van der Waals surface area (Å²) in [6.45, 7) is 3.50. The van der Waals surface area contributed by atoms with Gasteiger partial charge in [-0.05, 0) is 13.8 Å². The summed E-state index contributed by atoms with van der Waals surface area (Å²) in [6, 6.07) is -0.742. The van der Waals surface area contributed by atoms with Gasteiger partial charge in [0.1, 0.15) is 5.69 Å². The van der Waals surface area contributed by atoms with Crippen molar-refractivity contribution in [3.8, 4) is 0 Å². The third-order valence-corrected chi connectivity index (χ3v) is 1.90. The third kappa shape index (κ3) is 3.54. The van der Waals surface area contributed by atoms with Gasteiger partial charge in [-0.3, -0.25) is 4.79 Å². The molecule has 0 bridgehead atoms. The second-order valence-corrected chi connectivity index (χ2v) is 3.25. The van der Waals surface area contributed by atoms with Crippen molar-refractivity contribution in [2.24, 2.45) is 16.1 Å². The zero-order valence-electron chi connectivity index (χ0n) is 10.0. The van der Waals surface area contributed by atoms with E-state index in [1.807, 2.05) is 0 Å². The molecule has 0 fully saturated rings. The zero-order valence-corrected chi connectivity index (χ0v) is 10.0. The number of carbonyl (C=O) groups excluding carboxylic acids is 2. The van der Waals surface area contributed by atoms with E-state index in [4.69, 9.17) is 10.5 Å². The number of hydrogen-bond acceptors (Lipinski definition) is 6. The molecule has 98 valence electrons. The Morgan fingerprint density at radius 3 is 3.00 bits per heavy atom. The second-order valence-electron chi connectivity index (χ2n) is 3.25. The van der Waals surface area contributed by atoms with Crippen molar-refractivity contribution in [2.45, 2.75) is 19.9 Å². The van der Waals surface area contributed by atoms with Gasteiger partial charge in [-0.25, -0.2) is 15.2 Å². The summed E-state index contributed by atoms with van der Waals surface area (Å²) in [5, 5.41) is 7.20. The monoisotopic (exact) mass is 254 g/mol. The number of aromatic amines is 1. The molecule has 0 aliphatic carbocycles. The first-order valence-corrected chi connectivity index (χ1v) is 5.22. The lowest BCUT2D eigenvalue weighted by atomic mass is 10.4. The average molecular weight is 254 g/mol. The molecule has 9 nitrogen and oxygen atoms in total. The van der Waals surface area contributed by atoms with Gasteiger partial charge in [-0.15, -0.1) is 0 Å². The maximum absolute atomic E-state index is 11.2. The summed E-state index contributed by atoms with van der Waals surface area (Å²) >= 11 is 0. The molecular weight excluding hydrogens is 240 g/mol. The summed E-state index contributed by atoms with van der Waals surface area (Å²) < 4.78 is 4.74. The topological polar surface area (TPSA) is 135 Å². The molecular formula is C9H14N6O3. The van der Waals surface area contributed by atoms with E-state index < -0.39 is 17.9 Å². The fraction of sp³-hybridized carbons (Fsp3) is 0.444. The van der Waals surface area contributed by atoms with E-state index in [0.29, 0.717) is 0 Å². The summed E-state index contributed by atoms with van der Waals surface area (Å²) in [6.07, 6.45) is 1.28. The average Bonchev–Trinajstić information content (AvgIpc) is 2.77. The highest BCUT2D eigenvalue weighted by molar-refractivity contribution is 5.95. The van der Waals surface area contributed by atoms with Crippen molar-refractivity contribution in [3.63, 3.8) is 0 Å². The predicted octanol–water partition coefficient (Wildman–Crippen LogP) is 0.239. The molecule has 1 heterocycles. The van der Waals surface area contributed by atoms with E-state index in [9.17, 15) is 9.59 Å². The Hall–Kier alpha value is -2.45. The van der Waals surface area contributed by atoms with Crippen molar-refractivity contribution in [3.05, 3.63) is 12.0 Å². The Kier molecular flexibility index (Phi) is 4.78. The van der Waals surface area contributed by atoms with Gasteiger partial charge in [0, 0.05) is 0 Å². The van der Waals surface area contributed by atoms with Crippen molar-refractivity contribution < 1.29 is 14.3 Å². The first kappa shape index (κ1) is 13.6. The van der Waals surface area contributed by atoms with Crippen LogP contribution in [0.5, 0.6) is 0 Å². The van der Waals surface area contributed by atoms with Gasteiger partial charge in [0.2, 0.25) is 0 Å². The van der Waals surface area contributed by atoms with Crippen LogP contribution in [0.15, 0.2) is 16.7 Å². The number of aromatic nitrogens is 2. The molecule has 1 amide bonds. The number of primary amides is 1. The molecule has 1 rings (SSSR count). The number of anilines is 1. The van der Waals surface area contributed by atoms with Gasteiger partial charge < -0.3 is 15.5 Å². The van der Waals surface area contributed by atoms with Crippen LogP contribution in [0.3, 0.4) is 0 Å². The Morgan fingerprint density at radius 2 is 2.39 bits per heavy atom. The maximum Gasteiger partial charge on any atom is 0.332 e. The minimum atomic E-state index is -0.742. The zero-order chi connectivity index (χ0) is 13.5. The molecule has 1 aromatic heterocycles. The number of amides is 1. The van der Waals surface area contributed by atoms with Crippen LogP contribution in [0.1, 0.15) is 24.3 Å². The van der Waals surface area contributed by atoms with E-state index in [0.717, 1.165) is 0 Å². The molecule has 18 heavy (non-hydrogen) atoms. The largest absolute Gasteiger partial charge is 0.464 e. The standard InChI is InChI=1S/C9H14N6O3/c1-3-18-9(17)5(2)13-15-14-8-6(7(10)16)11-4-12-8/h4-5H,3H2,1-2H3,(H2,10,16)(H,11,12)(H,13,14). The fourth-order valence-electron chi connectivity index (χ4n) is 1.04. The molecule has 0 aromatic carbocycles. The highest BCUT2D eigenvalue weighted by Gasteiger charge is 2.13. The Labute approximate surface area is 103 Å². The number of carbonyl (C=O) groups is 2. The number of nitrogens with zero attached hydrogens (tertiary/aromatic N) is 3. The van der Waals surface area contributed by atoms with Crippen LogP contribution in [0, 0.1) is 0 Å². The number of nitrogens with two attached hydrogens (primary N) is 1. The first-order valence-electron chi connectivity index (χ1n) is 5.22. The summed E-state index contributed by atoms with van der Waals surface area (Å²) in [5.74, 6) is -1.02. The highest BCUT2D eigenvalue weighted by atomic mass is 16.5. The Bertz CT molecular complexity index is 455. The first-order chi connectivity index (χ1) is 8.56. The molecule has 0 aliphatic rings. The lowest BCUT2D eigenvalue weighted by molar-refractivity contribution is -0.144. The number of esters is 1. The van der Waals surface area contributed by atoms with E-state index in [2.05, 4.69) is 25.7 Å². The van der Waals surface area contributed by atoms with Crippen LogP contribution in [0.25, 0.3) is 0 Å². The molecule has 1 unspecified atom stereocenters. The summed E-state index contributed by atoms with van der Waals surface area (Å²) in [7, 11) is 0. The number of hydrogen-bond donors (Lipinski definition) is 3. The van der Waals surface area contributed by atoms with Crippen molar-refractivity contribution >= 4 is 17.7 Å². The Balaban J connectivity index is 2.56. The smallest absolute Gasteiger partial charge is 0.332 e. The highest BCUT2D eigenvalue weighted by Crippen LogP contribution is 2.08. The van der Waals surface area contributed by atoms with Crippen LogP contribution in [0.4, 0.5) is 5.82 Å².